The van der Waals surface area contributed by atoms with Gasteiger partial charge in [0.25, 0.3) is 0 Å². The van der Waals surface area contributed by atoms with E-state index >= 15 is 0 Å². The Bertz CT molecular complexity index is 1430. The van der Waals surface area contributed by atoms with E-state index in [1.807, 2.05) is 17.8 Å². The minimum atomic E-state index is -2.62. The molecule has 0 aliphatic carbocycles. The molecule has 0 saturated carbocycles. The van der Waals surface area contributed by atoms with Crippen LogP contribution in [0.2, 0.25) is 0 Å². The predicted molar refractivity (Wildman–Crippen MR) is 239 cm³/mol. The van der Waals surface area contributed by atoms with Crippen molar-refractivity contribution in [1.29, 1.82) is 0 Å². The van der Waals surface area contributed by atoms with Gasteiger partial charge < -0.3 is 28.6 Å². The van der Waals surface area contributed by atoms with E-state index in [1.165, 1.54) is 61.0 Å². The third-order valence-corrected chi connectivity index (χ3v) is 12.6. The summed E-state index contributed by atoms with van der Waals surface area (Å²) in [6.45, 7) is 29.0. The van der Waals surface area contributed by atoms with Gasteiger partial charge in [0.1, 0.15) is 11.5 Å². The highest BCUT2D eigenvalue weighted by Gasteiger charge is 2.33. The molecule has 0 atom stereocenters. The second kappa shape index (κ2) is 24.2. The van der Waals surface area contributed by atoms with Gasteiger partial charge in [-0.15, -0.1) is 0 Å². The number of aryl methyl sites for hydroxylation is 1. The van der Waals surface area contributed by atoms with Gasteiger partial charge in [0.05, 0.1) is 0 Å². The van der Waals surface area contributed by atoms with Gasteiger partial charge in [0.15, 0.2) is 0 Å². The van der Waals surface area contributed by atoms with Gasteiger partial charge in [-0.25, -0.2) is 0 Å². The van der Waals surface area contributed by atoms with E-state index in [1.54, 1.807) is 0 Å². The zero-order valence-electron chi connectivity index (χ0n) is 37.1. The van der Waals surface area contributed by atoms with Crippen LogP contribution >= 0.6 is 29.0 Å². The molecule has 9 heteroatoms. The van der Waals surface area contributed by atoms with Crippen LogP contribution in [0.5, 0.6) is 11.5 Å². The van der Waals surface area contributed by atoms with E-state index in [0.717, 1.165) is 84.9 Å². The first-order valence-corrected chi connectivity index (χ1v) is 24.5. The van der Waals surface area contributed by atoms with Crippen molar-refractivity contribution in [1.82, 2.24) is 0 Å². The maximum absolute atomic E-state index is 10.6. The molecule has 6 nitrogen and oxygen atoms in total. The van der Waals surface area contributed by atoms with Crippen LogP contribution in [-0.4, -0.2) is 19.6 Å². The molecule has 0 bridgehead atoms. The van der Waals surface area contributed by atoms with Crippen LogP contribution in [0.3, 0.4) is 0 Å². The van der Waals surface area contributed by atoms with Crippen molar-refractivity contribution < 1.29 is 28.6 Å². The van der Waals surface area contributed by atoms with Crippen LogP contribution in [0.4, 0.5) is 0 Å². The molecule has 0 heterocycles. The summed E-state index contributed by atoms with van der Waals surface area (Å²) in [6.07, 6.45) is 17.7. The lowest BCUT2D eigenvalue weighted by Crippen LogP contribution is -2.20. The monoisotopic (exact) mass is 823 g/mol. The molecule has 0 spiro atoms. The van der Waals surface area contributed by atoms with E-state index in [0.29, 0.717) is 29.3 Å². The number of benzene rings is 2. The van der Waals surface area contributed by atoms with E-state index in [2.05, 4.69) is 96.1 Å². The van der Waals surface area contributed by atoms with Gasteiger partial charge in [0.2, 0.25) is 0 Å². The summed E-state index contributed by atoms with van der Waals surface area (Å²) in [6, 6.07) is 4.16. The summed E-state index contributed by atoms with van der Waals surface area (Å²) in [5.41, 5.74) is 6.19. The smallest absolute Gasteiger partial charge is 0.391 e. The van der Waals surface area contributed by atoms with Gasteiger partial charge in [-0.1, -0.05) is 159 Å². The molecule has 2 aromatic rings. The van der Waals surface area contributed by atoms with Crippen LogP contribution < -0.4 is 9.05 Å². The van der Waals surface area contributed by atoms with Crippen LogP contribution in [0.1, 0.15) is 200 Å². The second-order valence-electron chi connectivity index (χ2n) is 19.2. The molecule has 2 aromatic carbocycles. The fourth-order valence-corrected chi connectivity index (χ4v) is 9.61. The third kappa shape index (κ3) is 17.9. The van der Waals surface area contributed by atoms with E-state index in [-0.39, 0.29) is 10.8 Å². The molecule has 55 heavy (non-hydrogen) atoms. The third-order valence-electron chi connectivity index (χ3n) is 10.5. The molecule has 0 aromatic heterocycles. The van der Waals surface area contributed by atoms with Crippen molar-refractivity contribution in [3.05, 3.63) is 45.5 Å². The van der Waals surface area contributed by atoms with Crippen LogP contribution in [0.25, 0.3) is 0 Å². The Morgan fingerprint density at radius 2 is 1.00 bits per heavy atom. The van der Waals surface area contributed by atoms with E-state index < -0.39 is 17.2 Å². The fourth-order valence-electron chi connectivity index (χ4n) is 7.63. The molecule has 0 unspecified atom stereocenters. The Labute approximate surface area is 344 Å². The molecule has 0 amide bonds. The molecule has 0 radical (unpaired) electrons. The fraction of sp³-hybridized carbons (Fsp3) is 0.739. The molecule has 316 valence electrons. The Kier molecular flexibility index (Phi) is 22.1. The normalized spacial score (nSPS) is 12.7. The highest BCUT2D eigenvalue weighted by atomic mass is 32.2. The number of hydrogen-bond acceptors (Lipinski definition) is 7. The molecule has 0 fully saturated rings. The standard InChI is InChI=1S/C46H80O6P2S/c1-32(2)24-18-14-15-21-28-37-36(27-22-16-19-25-33(3)4)43(52-54(49)50)42(46(11,12)13)38(29-23-17-20-26-34(5)6)44(37)55-41-31-39(45(8,9)10)40(30-35(41)7)51-53(47)48/h30-34,47-50H,14-29H2,1-13H3. The predicted octanol–water partition coefficient (Wildman–Crippen LogP) is 14.6. The summed E-state index contributed by atoms with van der Waals surface area (Å²) in [5, 5.41) is 0. The summed E-state index contributed by atoms with van der Waals surface area (Å²) < 4.78 is 11.9. The highest BCUT2D eigenvalue weighted by molar-refractivity contribution is 7.99. The lowest BCUT2D eigenvalue weighted by atomic mass is 9.78. The van der Waals surface area contributed by atoms with Crippen LogP contribution in [0.15, 0.2) is 21.9 Å². The lowest BCUT2D eigenvalue weighted by Gasteiger charge is -2.33. The van der Waals surface area contributed by atoms with Gasteiger partial charge >= 0.3 is 17.2 Å². The molecular formula is C46H80O6P2S. The average molecular weight is 823 g/mol. The van der Waals surface area contributed by atoms with Gasteiger partial charge in [0, 0.05) is 20.9 Å². The van der Waals surface area contributed by atoms with Crippen LogP contribution in [0, 0.1) is 24.7 Å². The largest absolute Gasteiger partial charge is 0.427 e. The first-order chi connectivity index (χ1) is 25.6. The van der Waals surface area contributed by atoms with E-state index in [4.69, 9.17) is 9.05 Å². The Morgan fingerprint density at radius 1 is 0.564 bits per heavy atom. The molecule has 0 saturated heterocycles. The van der Waals surface area contributed by atoms with Gasteiger partial charge in [-0.05, 0) is 108 Å². The maximum Gasteiger partial charge on any atom is 0.391 e. The quantitative estimate of drug-likeness (QED) is 0.0585. The Morgan fingerprint density at radius 3 is 1.44 bits per heavy atom. The molecule has 0 aliphatic heterocycles. The van der Waals surface area contributed by atoms with Crippen molar-refractivity contribution in [3.63, 3.8) is 0 Å². The second-order valence-corrected chi connectivity index (χ2v) is 21.6. The van der Waals surface area contributed by atoms with Gasteiger partial charge in [-0.3, -0.25) is 0 Å². The Balaban J connectivity index is 2.98. The van der Waals surface area contributed by atoms with E-state index in [9.17, 15) is 19.6 Å². The molecule has 0 aliphatic rings. The van der Waals surface area contributed by atoms with Crippen molar-refractivity contribution >= 4 is 29.0 Å². The number of unbranched alkanes of at least 4 members (excludes halogenated alkanes) is 7. The highest BCUT2D eigenvalue weighted by Crippen LogP contribution is 2.52. The van der Waals surface area contributed by atoms with Crippen molar-refractivity contribution in [2.24, 2.45) is 17.8 Å². The van der Waals surface area contributed by atoms with Crippen molar-refractivity contribution in [3.8, 4) is 11.5 Å². The molecule has 4 N–H and O–H groups in total. The van der Waals surface area contributed by atoms with Crippen molar-refractivity contribution in [2.75, 3.05) is 0 Å². The summed E-state index contributed by atoms with van der Waals surface area (Å²) >= 11 is 1.84. The number of rotatable bonds is 25. The first-order valence-electron chi connectivity index (χ1n) is 21.4. The topological polar surface area (TPSA) is 99.4 Å². The lowest BCUT2D eigenvalue weighted by molar-refractivity contribution is 0.365. The number of hydrogen-bond donors (Lipinski definition) is 4. The zero-order valence-corrected chi connectivity index (χ0v) is 39.7. The molecular weight excluding hydrogens is 743 g/mol. The van der Waals surface area contributed by atoms with Gasteiger partial charge in [-0.2, -0.15) is 0 Å². The minimum Gasteiger partial charge on any atom is -0.427 e. The maximum atomic E-state index is 10.6. The van der Waals surface area contributed by atoms with Crippen LogP contribution in [-0.2, 0) is 30.1 Å². The summed E-state index contributed by atoms with van der Waals surface area (Å²) in [5.74, 6) is 3.28. The first kappa shape index (κ1) is 50.2. The van der Waals surface area contributed by atoms with Crippen molar-refractivity contribution in [2.45, 2.75) is 213 Å². The summed E-state index contributed by atoms with van der Waals surface area (Å²) in [7, 11) is -5.17. The average Bonchev–Trinajstić information content (AvgIpc) is 3.03. The molecule has 2 rings (SSSR count). The SMILES string of the molecule is Cc1cc(OP(O)O)c(C(C)(C)C)cc1Sc1c(CCCCCCC(C)C)c(CCCCCC(C)C)c(OP(O)O)c(C(C)(C)C)c1CCCCCC(C)C. The minimum absolute atomic E-state index is 0.295. The Hall–Kier alpha value is -0.910. The summed E-state index contributed by atoms with van der Waals surface area (Å²) in [4.78, 5) is 43.3. The zero-order chi connectivity index (χ0) is 41.5.